The maximum absolute atomic E-state index is 2.49. The lowest BCUT2D eigenvalue weighted by Gasteiger charge is -2.24. The highest BCUT2D eigenvalue weighted by atomic mass is 14.3. The average Bonchev–Trinajstić information content (AvgIpc) is 2.64. The summed E-state index contributed by atoms with van der Waals surface area (Å²) in [7, 11) is 0. The molecule has 0 saturated carbocycles. The molecule has 0 spiro atoms. The fourth-order valence-electron chi connectivity index (χ4n) is 3.27. The van der Waals surface area contributed by atoms with E-state index < -0.39 is 0 Å². The fraction of sp³-hybridized carbons (Fsp3) is 0.875. The molecule has 0 fully saturated rings. The van der Waals surface area contributed by atoms with Crippen LogP contribution in [0.3, 0.4) is 0 Å². The minimum atomic E-state index is 0.857. The molecule has 0 heteroatoms. The van der Waals surface area contributed by atoms with E-state index in [4.69, 9.17) is 0 Å². The second kappa shape index (κ2) is 6.47. The van der Waals surface area contributed by atoms with E-state index in [1.807, 2.05) is 0 Å². The molecule has 0 aliphatic heterocycles. The zero-order valence-electron chi connectivity index (χ0n) is 11.9. The Kier molecular flexibility index (Phi) is 5.58. The van der Waals surface area contributed by atoms with Gasteiger partial charge in [-0.3, -0.25) is 0 Å². The smallest absolute Gasteiger partial charge is 0.0286 e. The van der Waals surface area contributed by atoms with Gasteiger partial charge in [0.25, 0.3) is 0 Å². The van der Waals surface area contributed by atoms with Gasteiger partial charge in [-0.25, -0.2) is 0 Å². The molecule has 0 heterocycles. The molecule has 0 aromatic heterocycles. The molecular formula is C16H30. The predicted octanol–water partition coefficient (Wildman–Crippen LogP) is 5.44. The Morgan fingerprint density at radius 2 is 1.88 bits per heavy atom. The molecule has 1 aliphatic carbocycles. The Balaban J connectivity index is 2.28. The van der Waals surface area contributed by atoms with Crippen LogP contribution in [-0.2, 0) is 0 Å². The normalized spacial score (nSPS) is 24.6. The van der Waals surface area contributed by atoms with E-state index >= 15 is 0 Å². The molecule has 0 bridgehead atoms. The summed E-state index contributed by atoms with van der Waals surface area (Å²) in [6.45, 7) is 11.9. The first-order chi connectivity index (χ1) is 7.52. The minimum absolute atomic E-state index is 0.857. The van der Waals surface area contributed by atoms with Crippen LogP contribution in [0, 0.1) is 23.7 Å². The quantitative estimate of drug-likeness (QED) is 0.525. The van der Waals surface area contributed by atoms with Crippen molar-refractivity contribution in [2.75, 3.05) is 0 Å². The van der Waals surface area contributed by atoms with E-state index in [0.29, 0.717) is 0 Å². The van der Waals surface area contributed by atoms with E-state index in [1.54, 1.807) is 5.57 Å². The molecule has 0 nitrogen and oxygen atoms in total. The first kappa shape index (κ1) is 13.8. The minimum Gasteiger partial charge on any atom is -0.0850 e. The summed E-state index contributed by atoms with van der Waals surface area (Å²) in [4.78, 5) is 0. The lowest BCUT2D eigenvalue weighted by Crippen LogP contribution is -2.13. The molecule has 0 N–H and O–H groups in total. The van der Waals surface area contributed by atoms with Crippen LogP contribution in [-0.4, -0.2) is 0 Å². The van der Waals surface area contributed by atoms with Gasteiger partial charge in [0.15, 0.2) is 0 Å². The summed E-state index contributed by atoms with van der Waals surface area (Å²) in [5.41, 5.74) is 1.70. The van der Waals surface area contributed by atoms with Gasteiger partial charge >= 0.3 is 0 Å². The molecule has 0 aromatic rings. The second-order valence-corrected chi connectivity index (χ2v) is 6.36. The van der Waals surface area contributed by atoms with Gasteiger partial charge in [0.1, 0.15) is 0 Å². The van der Waals surface area contributed by atoms with Crippen molar-refractivity contribution in [3.8, 4) is 0 Å². The summed E-state index contributed by atoms with van der Waals surface area (Å²) in [6, 6.07) is 0. The second-order valence-electron chi connectivity index (χ2n) is 6.36. The van der Waals surface area contributed by atoms with Gasteiger partial charge in [-0.05, 0) is 55.8 Å². The predicted molar refractivity (Wildman–Crippen MR) is 73.5 cm³/mol. The molecule has 16 heavy (non-hydrogen) atoms. The van der Waals surface area contributed by atoms with Gasteiger partial charge in [0, 0.05) is 0 Å². The highest BCUT2D eigenvalue weighted by molar-refractivity contribution is 5.10. The van der Waals surface area contributed by atoms with Crippen LogP contribution in [0.25, 0.3) is 0 Å². The molecule has 2 unspecified atom stereocenters. The monoisotopic (exact) mass is 222 g/mol. The third-order valence-electron chi connectivity index (χ3n) is 4.14. The van der Waals surface area contributed by atoms with Crippen LogP contribution < -0.4 is 0 Å². The molecule has 0 radical (unpaired) electrons. The van der Waals surface area contributed by atoms with Crippen molar-refractivity contribution in [1.29, 1.82) is 0 Å². The molecule has 1 rings (SSSR count). The molecule has 1 aliphatic rings. The van der Waals surface area contributed by atoms with Crippen LogP contribution >= 0.6 is 0 Å². The van der Waals surface area contributed by atoms with Gasteiger partial charge in [-0.1, -0.05) is 46.3 Å². The molecule has 94 valence electrons. The van der Waals surface area contributed by atoms with Crippen LogP contribution in [0.2, 0.25) is 0 Å². The van der Waals surface area contributed by atoms with Crippen molar-refractivity contribution in [3.05, 3.63) is 11.6 Å². The Morgan fingerprint density at radius 1 is 1.19 bits per heavy atom. The number of rotatable bonds is 6. The lowest BCUT2D eigenvalue weighted by atomic mass is 9.82. The molecule has 3 atom stereocenters. The molecule has 0 amide bonds. The van der Waals surface area contributed by atoms with Gasteiger partial charge in [0.2, 0.25) is 0 Å². The summed E-state index contributed by atoms with van der Waals surface area (Å²) < 4.78 is 0. The van der Waals surface area contributed by atoms with Gasteiger partial charge < -0.3 is 0 Å². The van der Waals surface area contributed by atoms with Crippen LogP contribution in [0.4, 0.5) is 0 Å². The lowest BCUT2D eigenvalue weighted by molar-refractivity contribution is 0.281. The first-order valence-corrected chi connectivity index (χ1v) is 7.20. The third kappa shape index (κ3) is 4.31. The van der Waals surface area contributed by atoms with Crippen molar-refractivity contribution < 1.29 is 0 Å². The number of allylic oxidation sites excluding steroid dienone is 2. The summed E-state index contributed by atoms with van der Waals surface area (Å²) >= 11 is 0. The maximum Gasteiger partial charge on any atom is -0.0286 e. The van der Waals surface area contributed by atoms with Crippen LogP contribution in [0.5, 0.6) is 0 Å². The summed E-state index contributed by atoms with van der Waals surface area (Å²) in [5, 5.41) is 0. The van der Waals surface area contributed by atoms with Crippen molar-refractivity contribution in [1.82, 2.24) is 0 Å². The zero-order valence-corrected chi connectivity index (χ0v) is 11.9. The average molecular weight is 222 g/mol. The van der Waals surface area contributed by atoms with E-state index in [-0.39, 0.29) is 0 Å². The fourth-order valence-corrected chi connectivity index (χ4v) is 3.27. The van der Waals surface area contributed by atoms with Crippen molar-refractivity contribution >= 4 is 0 Å². The van der Waals surface area contributed by atoms with Crippen molar-refractivity contribution in [2.45, 2.75) is 66.7 Å². The standard InChI is InChI=1S/C16H30/c1-6-15-7-8-16(11-15)14(5)10-13(4)9-12(2)3/h7,12-14,16H,6,8-11H2,1-5H3/t13?,14?,16-/m0/s1. The Bertz CT molecular complexity index is 224. The number of hydrogen-bond donors (Lipinski definition) is 0. The third-order valence-corrected chi connectivity index (χ3v) is 4.14. The van der Waals surface area contributed by atoms with Crippen LogP contribution in [0.1, 0.15) is 66.7 Å². The Labute approximate surface area is 103 Å². The Morgan fingerprint density at radius 3 is 2.38 bits per heavy atom. The zero-order chi connectivity index (χ0) is 12.1. The highest BCUT2D eigenvalue weighted by Gasteiger charge is 2.23. The van der Waals surface area contributed by atoms with Crippen LogP contribution in [0.15, 0.2) is 11.6 Å². The van der Waals surface area contributed by atoms with E-state index in [0.717, 1.165) is 23.7 Å². The van der Waals surface area contributed by atoms with Crippen molar-refractivity contribution in [2.24, 2.45) is 23.7 Å². The van der Waals surface area contributed by atoms with E-state index in [9.17, 15) is 0 Å². The Hall–Kier alpha value is -0.260. The van der Waals surface area contributed by atoms with E-state index in [2.05, 4.69) is 40.7 Å². The largest absolute Gasteiger partial charge is 0.0850 e. The molecule has 0 aromatic carbocycles. The number of hydrogen-bond acceptors (Lipinski definition) is 0. The topological polar surface area (TPSA) is 0 Å². The van der Waals surface area contributed by atoms with Crippen molar-refractivity contribution in [3.63, 3.8) is 0 Å². The first-order valence-electron chi connectivity index (χ1n) is 7.20. The highest BCUT2D eigenvalue weighted by Crippen LogP contribution is 2.36. The van der Waals surface area contributed by atoms with Gasteiger partial charge in [-0.15, -0.1) is 0 Å². The molecule has 0 saturated heterocycles. The molecular weight excluding hydrogens is 192 g/mol. The maximum atomic E-state index is 2.49. The van der Waals surface area contributed by atoms with E-state index in [1.165, 1.54) is 32.1 Å². The summed E-state index contributed by atoms with van der Waals surface area (Å²) in [6.07, 6.45) is 9.31. The summed E-state index contributed by atoms with van der Waals surface area (Å²) in [5.74, 6) is 3.62. The SMILES string of the molecule is CCC1=CC[C@H](C(C)CC(C)CC(C)C)C1. The van der Waals surface area contributed by atoms with Gasteiger partial charge in [0.05, 0.1) is 0 Å². The van der Waals surface area contributed by atoms with Gasteiger partial charge in [-0.2, -0.15) is 0 Å².